The minimum atomic E-state index is -0.0757. The fraction of sp³-hybridized carbons (Fsp3) is 0.381. The fourth-order valence-corrected chi connectivity index (χ4v) is 4.00. The summed E-state index contributed by atoms with van der Waals surface area (Å²) in [5.41, 5.74) is 4.38. The van der Waals surface area contributed by atoms with Crippen molar-refractivity contribution >= 4 is 11.7 Å². The number of amides is 2. The van der Waals surface area contributed by atoms with Gasteiger partial charge in [0.25, 0.3) is 0 Å². The van der Waals surface area contributed by atoms with E-state index in [1.807, 2.05) is 29.2 Å². The first kappa shape index (κ1) is 17.7. The molecule has 2 aliphatic rings. The summed E-state index contributed by atoms with van der Waals surface area (Å²) in [5.74, 6) is 1.55. The zero-order chi connectivity index (χ0) is 18.8. The second kappa shape index (κ2) is 7.48. The lowest BCUT2D eigenvalue weighted by Crippen LogP contribution is -2.34. The molecule has 0 saturated carbocycles. The molecule has 4 rings (SSSR count). The Morgan fingerprint density at radius 2 is 1.96 bits per heavy atom. The van der Waals surface area contributed by atoms with Gasteiger partial charge in [0.2, 0.25) is 0 Å². The third-order valence-corrected chi connectivity index (χ3v) is 5.40. The molecule has 0 unspecified atom stereocenters. The standard InChI is InChI=1S/C21H25N3O3/c1-26-17-7-8-20(27-2)18(11-17)19-4-3-9-24(19)21(25)23-16-6-5-14-12-22-13-15(14)10-16/h5-8,10-11,19,22H,3-4,9,12-13H2,1-2H3,(H,23,25)/t19-/m1/s1. The van der Waals surface area contributed by atoms with E-state index in [4.69, 9.17) is 9.47 Å². The molecule has 1 fully saturated rings. The second-order valence-corrected chi connectivity index (χ2v) is 6.98. The highest BCUT2D eigenvalue weighted by Gasteiger charge is 2.32. The van der Waals surface area contributed by atoms with Crippen LogP contribution in [0.4, 0.5) is 10.5 Å². The predicted octanol–water partition coefficient (Wildman–Crippen LogP) is 3.68. The lowest BCUT2D eigenvalue weighted by Gasteiger charge is -2.27. The van der Waals surface area contributed by atoms with Crippen LogP contribution in [0.15, 0.2) is 36.4 Å². The average Bonchev–Trinajstić information content (AvgIpc) is 3.36. The Balaban J connectivity index is 1.55. The highest BCUT2D eigenvalue weighted by atomic mass is 16.5. The lowest BCUT2D eigenvalue weighted by molar-refractivity contribution is 0.206. The number of nitrogens with one attached hydrogen (secondary N) is 2. The summed E-state index contributed by atoms with van der Waals surface area (Å²) in [6.07, 6.45) is 1.87. The molecule has 0 radical (unpaired) electrons. The van der Waals surface area contributed by atoms with E-state index >= 15 is 0 Å². The molecule has 0 bridgehead atoms. The van der Waals surface area contributed by atoms with Gasteiger partial charge in [0.1, 0.15) is 11.5 Å². The Morgan fingerprint density at radius 1 is 1.11 bits per heavy atom. The van der Waals surface area contributed by atoms with Gasteiger partial charge in [-0.2, -0.15) is 0 Å². The van der Waals surface area contributed by atoms with Crippen molar-refractivity contribution in [2.24, 2.45) is 0 Å². The number of carbonyl (C=O) groups is 1. The number of benzene rings is 2. The summed E-state index contributed by atoms with van der Waals surface area (Å²) in [5, 5.41) is 6.39. The molecule has 0 spiro atoms. The van der Waals surface area contributed by atoms with Gasteiger partial charge in [-0.05, 0) is 54.3 Å². The van der Waals surface area contributed by atoms with Crippen LogP contribution in [0.3, 0.4) is 0 Å². The largest absolute Gasteiger partial charge is 0.497 e. The molecular formula is C21H25N3O3. The van der Waals surface area contributed by atoms with Gasteiger partial charge in [-0.25, -0.2) is 4.79 Å². The number of likely N-dealkylation sites (tertiary alicyclic amines) is 1. The molecule has 2 heterocycles. The van der Waals surface area contributed by atoms with Gasteiger partial charge < -0.3 is 25.0 Å². The van der Waals surface area contributed by atoms with Crippen molar-refractivity contribution in [3.05, 3.63) is 53.1 Å². The third-order valence-electron chi connectivity index (χ3n) is 5.40. The van der Waals surface area contributed by atoms with Crippen LogP contribution >= 0.6 is 0 Å². The number of hydrogen-bond donors (Lipinski definition) is 2. The number of rotatable bonds is 4. The number of hydrogen-bond acceptors (Lipinski definition) is 4. The Kier molecular flexibility index (Phi) is 4.90. The van der Waals surface area contributed by atoms with Crippen LogP contribution in [0.5, 0.6) is 11.5 Å². The smallest absolute Gasteiger partial charge is 0.322 e. The number of ether oxygens (including phenoxy) is 2. The zero-order valence-electron chi connectivity index (χ0n) is 15.7. The molecule has 6 nitrogen and oxygen atoms in total. The fourth-order valence-electron chi connectivity index (χ4n) is 4.00. The number of anilines is 1. The molecular weight excluding hydrogens is 342 g/mol. The topological polar surface area (TPSA) is 62.8 Å². The predicted molar refractivity (Wildman–Crippen MR) is 104 cm³/mol. The first-order chi connectivity index (χ1) is 13.2. The van der Waals surface area contributed by atoms with Gasteiger partial charge in [0.05, 0.1) is 20.3 Å². The van der Waals surface area contributed by atoms with E-state index in [1.165, 1.54) is 11.1 Å². The van der Waals surface area contributed by atoms with Gasteiger partial charge >= 0.3 is 6.03 Å². The summed E-state index contributed by atoms with van der Waals surface area (Å²) in [6.45, 7) is 2.48. The summed E-state index contributed by atoms with van der Waals surface area (Å²) in [4.78, 5) is 14.9. The second-order valence-electron chi connectivity index (χ2n) is 6.98. The molecule has 27 heavy (non-hydrogen) atoms. The summed E-state index contributed by atoms with van der Waals surface area (Å²) in [6, 6.07) is 11.8. The Bertz CT molecular complexity index is 853. The normalized spacial score (nSPS) is 18.3. The molecule has 2 aromatic carbocycles. The van der Waals surface area contributed by atoms with Gasteiger partial charge in [-0.1, -0.05) is 6.07 Å². The summed E-state index contributed by atoms with van der Waals surface area (Å²) < 4.78 is 10.9. The van der Waals surface area contributed by atoms with E-state index in [0.29, 0.717) is 0 Å². The minimum absolute atomic E-state index is 0.0221. The number of urea groups is 1. The van der Waals surface area contributed by atoms with Crippen molar-refractivity contribution in [2.75, 3.05) is 26.1 Å². The van der Waals surface area contributed by atoms with Crippen molar-refractivity contribution in [1.82, 2.24) is 10.2 Å². The molecule has 2 aromatic rings. The molecule has 1 saturated heterocycles. The summed E-state index contributed by atoms with van der Waals surface area (Å²) >= 11 is 0. The number of carbonyl (C=O) groups excluding carboxylic acids is 1. The SMILES string of the molecule is COc1ccc(OC)c([C@H]2CCCN2C(=O)Nc2ccc3c(c2)CNC3)c1. The van der Waals surface area contributed by atoms with Crippen molar-refractivity contribution in [3.63, 3.8) is 0 Å². The third kappa shape index (κ3) is 3.45. The highest BCUT2D eigenvalue weighted by molar-refractivity contribution is 5.90. The molecule has 2 N–H and O–H groups in total. The van der Waals surface area contributed by atoms with Gasteiger partial charge in [0, 0.05) is 30.9 Å². The number of methoxy groups -OCH3 is 2. The van der Waals surface area contributed by atoms with Gasteiger partial charge in [-0.3, -0.25) is 0 Å². The molecule has 2 amide bonds. The van der Waals surface area contributed by atoms with E-state index in [2.05, 4.69) is 22.8 Å². The quantitative estimate of drug-likeness (QED) is 0.865. The Morgan fingerprint density at radius 3 is 2.78 bits per heavy atom. The molecule has 1 atom stereocenters. The van der Waals surface area contributed by atoms with Crippen LogP contribution in [0.1, 0.15) is 35.6 Å². The van der Waals surface area contributed by atoms with Crippen LogP contribution in [-0.2, 0) is 13.1 Å². The summed E-state index contributed by atoms with van der Waals surface area (Å²) in [7, 11) is 3.30. The first-order valence-corrected chi connectivity index (χ1v) is 9.31. The first-order valence-electron chi connectivity index (χ1n) is 9.31. The Labute approximate surface area is 159 Å². The van der Waals surface area contributed by atoms with Crippen molar-refractivity contribution in [3.8, 4) is 11.5 Å². The average molecular weight is 367 g/mol. The molecule has 6 heteroatoms. The molecule has 0 aromatic heterocycles. The van der Waals surface area contributed by atoms with Crippen molar-refractivity contribution in [1.29, 1.82) is 0 Å². The maximum absolute atomic E-state index is 13.0. The molecule has 0 aliphatic carbocycles. The minimum Gasteiger partial charge on any atom is -0.497 e. The van der Waals surface area contributed by atoms with Crippen LogP contribution in [0.25, 0.3) is 0 Å². The van der Waals surface area contributed by atoms with E-state index in [1.54, 1.807) is 14.2 Å². The number of nitrogens with zero attached hydrogens (tertiary/aromatic N) is 1. The number of fused-ring (bicyclic) bond motifs is 1. The van der Waals surface area contributed by atoms with Crippen molar-refractivity contribution in [2.45, 2.75) is 32.0 Å². The van der Waals surface area contributed by atoms with Crippen LogP contribution in [0, 0.1) is 0 Å². The Hall–Kier alpha value is -2.73. The maximum Gasteiger partial charge on any atom is 0.322 e. The van der Waals surface area contributed by atoms with Gasteiger partial charge in [0.15, 0.2) is 0 Å². The maximum atomic E-state index is 13.0. The van der Waals surface area contributed by atoms with Crippen LogP contribution in [-0.4, -0.2) is 31.7 Å². The van der Waals surface area contributed by atoms with E-state index in [0.717, 1.165) is 55.2 Å². The molecule has 2 aliphatic heterocycles. The molecule has 142 valence electrons. The van der Waals surface area contributed by atoms with Crippen molar-refractivity contribution < 1.29 is 14.3 Å². The van der Waals surface area contributed by atoms with Crippen LogP contribution < -0.4 is 20.1 Å². The highest BCUT2D eigenvalue weighted by Crippen LogP contribution is 2.39. The van der Waals surface area contributed by atoms with E-state index in [-0.39, 0.29) is 12.1 Å². The monoisotopic (exact) mass is 367 g/mol. The van der Waals surface area contributed by atoms with E-state index < -0.39 is 0 Å². The van der Waals surface area contributed by atoms with Gasteiger partial charge in [-0.15, -0.1) is 0 Å². The lowest BCUT2D eigenvalue weighted by atomic mass is 10.0. The zero-order valence-corrected chi connectivity index (χ0v) is 15.7. The van der Waals surface area contributed by atoms with Crippen LogP contribution in [0.2, 0.25) is 0 Å². The van der Waals surface area contributed by atoms with E-state index in [9.17, 15) is 4.79 Å².